The second-order valence-electron chi connectivity index (χ2n) is 4.67. The average molecular weight is 281 g/mol. The maximum atomic E-state index is 10.1. The summed E-state index contributed by atoms with van der Waals surface area (Å²) >= 11 is 0. The summed E-state index contributed by atoms with van der Waals surface area (Å²) in [7, 11) is 1.56. The molecule has 0 amide bonds. The van der Waals surface area contributed by atoms with Crippen molar-refractivity contribution >= 4 is 0 Å². The second kappa shape index (κ2) is 5.28. The van der Waals surface area contributed by atoms with Crippen LogP contribution in [0.2, 0.25) is 0 Å². The highest BCUT2D eigenvalue weighted by Crippen LogP contribution is 2.31. The highest BCUT2D eigenvalue weighted by molar-refractivity contribution is 5.67. The van der Waals surface area contributed by atoms with Crippen LogP contribution in [0.4, 0.5) is 0 Å². The van der Waals surface area contributed by atoms with Gasteiger partial charge < -0.3 is 9.84 Å². The Morgan fingerprint density at radius 1 is 1.19 bits per heavy atom. The third kappa shape index (κ3) is 2.45. The van der Waals surface area contributed by atoms with E-state index >= 15 is 0 Å². The third-order valence-corrected chi connectivity index (χ3v) is 3.27. The molecule has 0 bridgehead atoms. The van der Waals surface area contributed by atoms with E-state index in [1.54, 1.807) is 36.2 Å². The van der Waals surface area contributed by atoms with E-state index in [9.17, 15) is 5.11 Å². The number of aromatic nitrogens is 3. The van der Waals surface area contributed by atoms with E-state index in [0.717, 1.165) is 11.4 Å². The molecule has 0 spiro atoms. The van der Waals surface area contributed by atoms with E-state index in [0.29, 0.717) is 17.0 Å². The fourth-order valence-electron chi connectivity index (χ4n) is 2.16. The number of aromatic hydroxyl groups is 1. The van der Waals surface area contributed by atoms with Gasteiger partial charge in [-0.25, -0.2) is 9.67 Å². The van der Waals surface area contributed by atoms with Gasteiger partial charge in [-0.05, 0) is 36.8 Å². The minimum Gasteiger partial charge on any atom is -0.507 e. The number of aryl methyl sites for hydroxylation is 1. The highest BCUT2D eigenvalue weighted by Gasteiger charge is 2.10. The van der Waals surface area contributed by atoms with Crippen LogP contribution in [0, 0.1) is 6.92 Å². The largest absolute Gasteiger partial charge is 0.507 e. The molecule has 0 atom stereocenters. The van der Waals surface area contributed by atoms with Gasteiger partial charge in [0.2, 0.25) is 0 Å². The number of benzene rings is 1. The Balaban J connectivity index is 2.01. The van der Waals surface area contributed by atoms with Gasteiger partial charge in [0.25, 0.3) is 0 Å². The normalized spacial score (nSPS) is 10.6. The zero-order valence-electron chi connectivity index (χ0n) is 11.8. The predicted octanol–water partition coefficient (Wildman–Crippen LogP) is 2.96. The fourth-order valence-corrected chi connectivity index (χ4v) is 2.16. The van der Waals surface area contributed by atoms with E-state index in [1.807, 2.05) is 31.3 Å². The van der Waals surface area contributed by atoms with Gasteiger partial charge in [-0.2, -0.15) is 5.10 Å². The average Bonchev–Trinajstić information content (AvgIpc) is 2.97. The Morgan fingerprint density at radius 2 is 2.05 bits per heavy atom. The van der Waals surface area contributed by atoms with Crippen LogP contribution < -0.4 is 4.74 Å². The van der Waals surface area contributed by atoms with Crippen LogP contribution in [0.3, 0.4) is 0 Å². The first-order valence-electron chi connectivity index (χ1n) is 6.54. The molecule has 1 N–H and O–H groups in total. The molecule has 3 aromatic rings. The Kier molecular flexibility index (Phi) is 3.31. The lowest BCUT2D eigenvalue weighted by molar-refractivity contribution is 0.408. The molecule has 5 nitrogen and oxygen atoms in total. The van der Waals surface area contributed by atoms with Crippen molar-refractivity contribution in [3.63, 3.8) is 0 Å². The van der Waals surface area contributed by atoms with Crippen LogP contribution in [0.1, 0.15) is 5.56 Å². The monoisotopic (exact) mass is 281 g/mol. The molecule has 0 aliphatic carbocycles. The van der Waals surface area contributed by atoms with Gasteiger partial charge in [-0.3, -0.25) is 0 Å². The minimum absolute atomic E-state index is 0.136. The van der Waals surface area contributed by atoms with Gasteiger partial charge in [0.15, 0.2) is 5.82 Å². The van der Waals surface area contributed by atoms with Crippen molar-refractivity contribution in [2.24, 2.45) is 0 Å². The SMILES string of the molecule is COc1ccc(-c2ccn(-c3ncccc3C)n2)c(O)c1. The standard InChI is InChI=1S/C16H15N3O2/c1-11-4-3-8-17-16(11)19-9-7-14(18-19)13-6-5-12(21-2)10-15(13)20/h3-10,20H,1-2H3. The van der Waals surface area contributed by atoms with Crippen LogP contribution in [0.5, 0.6) is 11.5 Å². The van der Waals surface area contributed by atoms with Gasteiger partial charge in [0.05, 0.1) is 12.8 Å². The number of nitrogens with zero attached hydrogens (tertiary/aromatic N) is 3. The van der Waals surface area contributed by atoms with Crippen molar-refractivity contribution in [1.29, 1.82) is 0 Å². The van der Waals surface area contributed by atoms with Crippen molar-refractivity contribution < 1.29 is 9.84 Å². The molecule has 2 aromatic heterocycles. The Morgan fingerprint density at radius 3 is 2.76 bits per heavy atom. The molecule has 0 unspecified atom stereocenters. The summed E-state index contributed by atoms with van der Waals surface area (Å²) < 4.78 is 6.78. The van der Waals surface area contributed by atoms with Crippen molar-refractivity contribution in [1.82, 2.24) is 14.8 Å². The molecule has 3 rings (SSSR count). The van der Waals surface area contributed by atoms with Gasteiger partial charge in [0.1, 0.15) is 11.5 Å². The van der Waals surface area contributed by atoms with Crippen LogP contribution in [-0.4, -0.2) is 27.0 Å². The predicted molar refractivity (Wildman–Crippen MR) is 79.7 cm³/mol. The number of hydrogen-bond acceptors (Lipinski definition) is 4. The summed E-state index contributed by atoms with van der Waals surface area (Å²) in [6.07, 6.45) is 3.56. The first kappa shape index (κ1) is 13.2. The van der Waals surface area contributed by atoms with Crippen molar-refractivity contribution in [2.75, 3.05) is 7.11 Å². The van der Waals surface area contributed by atoms with Crippen molar-refractivity contribution in [3.8, 4) is 28.6 Å². The summed E-state index contributed by atoms with van der Waals surface area (Å²) in [4.78, 5) is 4.32. The van der Waals surface area contributed by atoms with Gasteiger partial charge in [0, 0.05) is 24.0 Å². The number of hydrogen-bond donors (Lipinski definition) is 1. The third-order valence-electron chi connectivity index (χ3n) is 3.27. The summed E-state index contributed by atoms with van der Waals surface area (Å²) in [5.41, 5.74) is 2.37. The molecule has 5 heteroatoms. The summed E-state index contributed by atoms with van der Waals surface area (Å²) in [6, 6.07) is 10.9. The lowest BCUT2D eigenvalue weighted by Crippen LogP contribution is -2.00. The first-order valence-corrected chi connectivity index (χ1v) is 6.54. The van der Waals surface area contributed by atoms with Gasteiger partial charge in [-0.1, -0.05) is 6.07 Å². The maximum Gasteiger partial charge on any atom is 0.156 e. The summed E-state index contributed by atoms with van der Waals surface area (Å²) in [5.74, 6) is 1.52. The summed E-state index contributed by atoms with van der Waals surface area (Å²) in [6.45, 7) is 1.98. The number of methoxy groups -OCH3 is 1. The molecule has 0 saturated carbocycles. The zero-order valence-corrected chi connectivity index (χ0v) is 11.8. The Labute approximate surface area is 122 Å². The molecule has 21 heavy (non-hydrogen) atoms. The number of rotatable bonds is 3. The number of pyridine rings is 1. The number of ether oxygens (including phenoxy) is 1. The molecule has 0 aliphatic rings. The molecule has 0 saturated heterocycles. The lowest BCUT2D eigenvalue weighted by atomic mass is 10.1. The summed E-state index contributed by atoms with van der Waals surface area (Å²) in [5, 5.41) is 14.5. The van der Waals surface area contributed by atoms with Crippen LogP contribution >= 0.6 is 0 Å². The first-order chi connectivity index (χ1) is 10.2. The molecular weight excluding hydrogens is 266 g/mol. The molecule has 0 aliphatic heterocycles. The maximum absolute atomic E-state index is 10.1. The van der Waals surface area contributed by atoms with E-state index in [4.69, 9.17) is 4.74 Å². The van der Waals surface area contributed by atoms with Crippen LogP contribution in [0.15, 0.2) is 48.8 Å². The Hall–Kier alpha value is -2.82. The minimum atomic E-state index is 0.136. The Bertz CT molecular complexity index is 781. The second-order valence-corrected chi connectivity index (χ2v) is 4.67. The molecular formula is C16H15N3O2. The van der Waals surface area contributed by atoms with E-state index in [1.165, 1.54) is 0 Å². The zero-order chi connectivity index (χ0) is 14.8. The molecule has 0 fully saturated rings. The van der Waals surface area contributed by atoms with Crippen molar-refractivity contribution in [3.05, 3.63) is 54.4 Å². The van der Waals surface area contributed by atoms with Crippen LogP contribution in [0.25, 0.3) is 17.1 Å². The topological polar surface area (TPSA) is 60.2 Å². The smallest absolute Gasteiger partial charge is 0.156 e. The van der Waals surface area contributed by atoms with E-state index in [-0.39, 0.29) is 5.75 Å². The van der Waals surface area contributed by atoms with Crippen molar-refractivity contribution in [2.45, 2.75) is 6.92 Å². The van der Waals surface area contributed by atoms with E-state index in [2.05, 4.69) is 10.1 Å². The fraction of sp³-hybridized carbons (Fsp3) is 0.125. The quantitative estimate of drug-likeness (QED) is 0.801. The number of phenolic OH excluding ortho intramolecular Hbond substituents is 1. The molecule has 2 heterocycles. The lowest BCUT2D eigenvalue weighted by Gasteiger charge is -2.05. The molecule has 106 valence electrons. The number of phenols is 1. The highest BCUT2D eigenvalue weighted by atomic mass is 16.5. The van der Waals surface area contributed by atoms with E-state index < -0.39 is 0 Å². The van der Waals surface area contributed by atoms with Crippen LogP contribution in [-0.2, 0) is 0 Å². The molecule has 1 aromatic carbocycles. The molecule has 0 radical (unpaired) electrons. The van der Waals surface area contributed by atoms with Gasteiger partial charge in [-0.15, -0.1) is 0 Å². The van der Waals surface area contributed by atoms with Gasteiger partial charge >= 0.3 is 0 Å².